The van der Waals surface area contributed by atoms with Crippen LogP contribution in [0.4, 0.5) is 5.69 Å². The largest absolute Gasteiger partial charge is 0.495 e. The molecule has 1 aromatic carbocycles. The topological polar surface area (TPSA) is 87.3 Å². The minimum absolute atomic E-state index is 0.330. The Hall–Kier alpha value is -3.37. The van der Waals surface area contributed by atoms with Crippen molar-refractivity contribution in [3.05, 3.63) is 82.4 Å². The summed E-state index contributed by atoms with van der Waals surface area (Å²) in [6.45, 7) is 7.40. The van der Waals surface area contributed by atoms with Gasteiger partial charge in [-0.25, -0.2) is 0 Å². The molecule has 1 amide bonds. The number of thioether (sulfide) groups is 1. The van der Waals surface area contributed by atoms with Crippen molar-refractivity contribution in [2.24, 2.45) is 0 Å². The van der Waals surface area contributed by atoms with E-state index in [9.17, 15) is 10.1 Å². The number of dihydropyridines is 1. The molecule has 2 N–H and O–H groups in total. The number of carbonyl (C=O) groups excluding carboxylic acids is 1. The van der Waals surface area contributed by atoms with E-state index >= 15 is 0 Å². The monoisotopic (exact) mass is 421 g/mol. The number of allylic oxidation sites excluding steroid dienone is 2. The second-order valence-corrected chi connectivity index (χ2v) is 7.68. The number of hydrogen-bond acceptors (Lipinski definition) is 6. The van der Waals surface area contributed by atoms with E-state index in [0.717, 1.165) is 0 Å². The number of rotatable bonds is 7. The van der Waals surface area contributed by atoms with Gasteiger partial charge in [-0.05, 0) is 38.1 Å². The zero-order chi connectivity index (χ0) is 21.7. The number of nitrogens with one attached hydrogen (secondary N) is 2. The van der Waals surface area contributed by atoms with Crippen molar-refractivity contribution >= 4 is 23.4 Å². The van der Waals surface area contributed by atoms with E-state index in [0.29, 0.717) is 50.6 Å². The molecular weight excluding hydrogens is 398 g/mol. The summed E-state index contributed by atoms with van der Waals surface area (Å²) in [5.41, 5.74) is 2.07. The number of ether oxygens (including phenoxy) is 1. The van der Waals surface area contributed by atoms with Gasteiger partial charge in [-0.2, -0.15) is 5.26 Å². The molecule has 0 aliphatic carbocycles. The van der Waals surface area contributed by atoms with Crippen molar-refractivity contribution in [2.45, 2.75) is 19.8 Å². The highest BCUT2D eigenvalue weighted by Crippen LogP contribution is 2.41. The first-order valence-electron chi connectivity index (χ1n) is 9.36. The molecule has 1 atom stereocenters. The van der Waals surface area contributed by atoms with Crippen LogP contribution in [0.5, 0.6) is 5.75 Å². The SMILES string of the molecule is C=CCSC1=C(C#N)C(c2ccc(C)o2)C(C(=O)Nc2ccccc2OC)=C(C)N1. The summed E-state index contributed by atoms with van der Waals surface area (Å²) in [4.78, 5) is 13.4. The molecule has 0 radical (unpaired) electrons. The lowest BCUT2D eigenvalue weighted by molar-refractivity contribution is -0.113. The fourth-order valence-electron chi connectivity index (χ4n) is 3.30. The lowest BCUT2D eigenvalue weighted by atomic mass is 9.85. The maximum atomic E-state index is 13.4. The van der Waals surface area contributed by atoms with Crippen LogP contribution in [0.25, 0.3) is 0 Å². The van der Waals surface area contributed by atoms with Crippen LogP contribution in [0.15, 0.2) is 75.3 Å². The molecule has 0 saturated carbocycles. The predicted octanol–water partition coefficient (Wildman–Crippen LogP) is 4.85. The number of nitrogens with zero attached hydrogens (tertiary/aromatic N) is 1. The maximum Gasteiger partial charge on any atom is 0.254 e. The number of furan rings is 1. The van der Waals surface area contributed by atoms with Crippen molar-refractivity contribution in [3.8, 4) is 11.8 Å². The third-order valence-electron chi connectivity index (χ3n) is 4.64. The van der Waals surface area contributed by atoms with Crippen LogP contribution >= 0.6 is 11.8 Å². The van der Waals surface area contributed by atoms with E-state index in [1.165, 1.54) is 11.8 Å². The minimum Gasteiger partial charge on any atom is -0.495 e. The van der Waals surface area contributed by atoms with E-state index < -0.39 is 5.92 Å². The van der Waals surface area contributed by atoms with Gasteiger partial charge in [-0.15, -0.1) is 18.3 Å². The molecule has 0 saturated heterocycles. The normalized spacial score (nSPS) is 16.0. The van der Waals surface area contributed by atoms with Gasteiger partial charge in [-0.3, -0.25) is 4.79 Å². The van der Waals surface area contributed by atoms with Crippen LogP contribution in [0.2, 0.25) is 0 Å². The molecule has 1 unspecified atom stereocenters. The molecule has 30 heavy (non-hydrogen) atoms. The Labute approximate surface area is 180 Å². The van der Waals surface area contributed by atoms with Crippen molar-refractivity contribution in [3.63, 3.8) is 0 Å². The highest BCUT2D eigenvalue weighted by Gasteiger charge is 2.36. The standard InChI is InChI=1S/C23H23N3O3S/c1-5-12-30-23-16(13-24)21(19-11-10-14(2)29-19)20(15(3)25-23)22(27)26-17-8-6-7-9-18(17)28-4/h5-11,21,25H,1,12H2,2-4H3,(H,26,27). The molecule has 0 fully saturated rings. The molecule has 2 heterocycles. The fraction of sp³-hybridized carbons (Fsp3) is 0.217. The van der Waals surface area contributed by atoms with E-state index in [1.807, 2.05) is 38.1 Å². The second-order valence-electron chi connectivity index (χ2n) is 6.65. The van der Waals surface area contributed by atoms with Crippen molar-refractivity contribution in [1.29, 1.82) is 5.26 Å². The first-order valence-corrected chi connectivity index (χ1v) is 10.3. The molecule has 1 aliphatic heterocycles. The number of aryl methyl sites for hydroxylation is 1. The van der Waals surface area contributed by atoms with Crippen LogP contribution in [0.1, 0.15) is 24.4 Å². The number of methoxy groups -OCH3 is 1. The van der Waals surface area contributed by atoms with E-state index in [-0.39, 0.29) is 5.91 Å². The zero-order valence-electron chi connectivity index (χ0n) is 17.1. The average Bonchev–Trinajstić information content (AvgIpc) is 3.17. The van der Waals surface area contributed by atoms with Gasteiger partial charge < -0.3 is 19.8 Å². The van der Waals surface area contributed by atoms with E-state index in [2.05, 4.69) is 23.3 Å². The number of nitriles is 1. The van der Waals surface area contributed by atoms with Crippen molar-refractivity contribution in [1.82, 2.24) is 5.32 Å². The molecule has 0 bridgehead atoms. The van der Waals surface area contributed by atoms with Gasteiger partial charge >= 0.3 is 0 Å². The summed E-state index contributed by atoms with van der Waals surface area (Å²) in [7, 11) is 1.55. The van der Waals surface area contributed by atoms with E-state index in [4.69, 9.17) is 9.15 Å². The van der Waals surface area contributed by atoms with Crippen molar-refractivity contribution in [2.75, 3.05) is 18.2 Å². The molecule has 3 rings (SSSR count). The van der Waals surface area contributed by atoms with Crippen LogP contribution in [0, 0.1) is 18.3 Å². The molecule has 1 aromatic heterocycles. The highest BCUT2D eigenvalue weighted by molar-refractivity contribution is 8.03. The maximum absolute atomic E-state index is 13.4. The third-order valence-corrected chi connectivity index (χ3v) is 5.65. The number of anilines is 1. The molecule has 7 heteroatoms. The van der Waals surface area contributed by atoms with Gasteiger partial charge in [0.15, 0.2) is 0 Å². The van der Waals surface area contributed by atoms with Gasteiger partial charge in [0.25, 0.3) is 5.91 Å². The first-order chi connectivity index (χ1) is 14.5. The quantitative estimate of drug-likeness (QED) is 0.622. The summed E-state index contributed by atoms with van der Waals surface area (Å²) in [6, 6.07) is 13.1. The van der Waals surface area contributed by atoms with Gasteiger partial charge in [-0.1, -0.05) is 18.2 Å². The Bertz CT molecular complexity index is 1080. The lowest BCUT2D eigenvalue weighted by Gasteiger charge is -2.28. The van der Waals surface area contributed by atoms with Crippen LogP contribution < -0.4 is 15.4 Å². The number of para-hydroxylation sites is 2. The summed E-state index contributed by atoms with van der Waals surface area (Å²) < 4.78 is 11.2. The smallest absolute Gasteiger partial charge is 0.254 e. The van der Waals surface area contributed by atoms with Crippen molar-refractivity contribution < 1.29 is 13.9 Å². The molecule has 0 spiro atoms. The lowest BCUT2D eigenvalue weighted by Crippen LogP contribution is -2.30. The first kappa shape index (κ1) is 21.3. The van der Waals surface area contributed by atoms with Crippen LogP contribution in [-0.4, -0.2) is 18.8 Å². The minimum atomic E-state index is -0.619. The Morgan fingerprint density at radius 3 is 2.77 bits per heavy atom. The zero-order valence-corrected chi connectivity index (χ0v) is 17.9. The Balaban J connectivity index is 2.05. The molecular formula is C23H23N3O3S. The molecule has 154 valence electrons. The summed E-state index contributed by atoms with van der Waals surface area (Å²) in [6.07, 6.45) is 1.77. The summed E-state index contributed by atoms with van der Waals surface area (Å²) in [5.74, 6) is 1.50. The Kier molecular flexibility index (Phi) is 6.70. The average molecular weight is 422 g/mol. The van der Waals surface area contributed by atoms with Crippen LogP contribution in [0.3, 0.4) is 0 Å². The third kappa shape index (κ3) is 4.29. The van der Waals surface area contributed by atoms with Gasteiger partial charge in [0.2, 0.25) is 0 Å². The van der Waals surface area contributed by atoms with Gasteiger partial charge in [0, 0.05) is 11.4 Å². The highest BCUT2D eigenvalue weighted by atomic mass is 32.2. The summed E-state index contributed by atoms with van der Waals surface area (Å²) in [5, 5.41) is 16.8. The number of amides is 1. The molecule has 6 nitrogen and oxygen atoms in total. The number of carbonyl (C=O) groups is 1. The molecule has 1 aliphatic rings. The fourth-order valence-corrected chi connectivity index (χ4v) is 4.13. The Morgan fingerprint density at radius 1 is 1.37 bits per heavy atom. The van der Waals surface area contributed by atoms with Gasteiger partial charge in [0.1, 0.15) is 17.3 Å². The van der Waals surface area contributed by atoms with E-state index in [1.54, 1.807) is 25.3 Å². The number of benzene rings is 1. The molecule has 2 aromatic rings. The van der Waals surface area contributed by atoms with Crippen LogP contribution in [-0.2, 0) is 4.79 Å². The Morgan fingerprint density at radius 2 is 2.13 bits per heavy atom. The number of hydrogen-bond donors (Lipinski definition) is 2. The summed E-state index contributed by atoms with van der Waals surface area (Å²) >= 11 is 1.46. The van der Waals surface area contributed by atoms with Gasteiger partial charge in [0.05, 0.1) is 41.0 Å². The predicted molar refractivity (Wildman–Crippen MR) is 119 cm³/mol. The second kappa shape index (κ2) is 9.42.